The van der Waals surface area contributed by atoms with E-state index >= 15 is 0 Å². The normalized spacial score (nSPS) is 21.2. The summed E-state index contributed by atoms with van der Waals surface area (Å²) in [5.41, 5.74) is 12.5. The lowest BCUT2D eigenvalue weighted by atomic mass is 10.1. The highest BCUT2D eigenvalue weighted by Gasteiger charge is 2.24. The summed E-state index contributed by atoms with van der Waals surface area (Å²) in [7, 11) is 0. The number of rotatable bonds is 3. The summed E-state index contributed by atoms with van der Waals surface area (Å²) in [6, 6.07) is 4.71. The van der Waals surface area contributed by atoms with E-state index in [1.807, 2.05) is 6.92 Å². The molecule has 2 rings (SSSR count). The van der Waals surface area contributed by atoms with Crippen molar-refractivity contribution >= 4 is 17.1 Å². The third-order valence-corrected chi connectivity index (χ3v) is 3.25. The molecule has 7 heteroatoms. The van der Waals surface area contributed by atoms with Gasteiger partial charge in [0.05, 0.1) is 17.6 Å². The second kappa shape index (κ2) is 5.41. The minimum atomic E-state index is -0.483. The molecule has 1 aliphatic heterocycles. The Morgan fingerprint density at radius 2 is 2.32 bits per heavy atom. The number of morpholine rings is 1. The van der Waals surface area contributed by atoms with E-state index in [-0.39, 0.29) is 23.5 Å². The molecule has 1 fully saturated rings. The van der Waals surface area contributed by atoms with Crippen LogP contribution in [0.3, 0.4) is 0 Å². The molecule has 1 heterocycles. The maximum absolute atomic E-state index is 10.7. The Kier molecular flexibility index (Phi) is 3.87. The lowest BCUT2D eigenvalue weighted by Gasteiger charge is -2.36. The average Bonchev–Trinajstić information content (AvgIpc) is 2.38. The van der Waals surface area contributed by atoms with E-state index in [9.17, 15) is 10.1 Å². The number of ether oxygens (including phenoxy) is 1. The number of nitro groups is 1. The van der Waals surface area contributed by atoms with Gasteiger partial charge in [-0.1, -0.05) is 0 Å². The molecule has 19 heavy (non-hydrogen) atoms. The molecule has 0 amide bonds. The molecular weight excluding hydrogens is 248 g/mol. The van der Waals surface area contributed by atoms with E-state index in [0.717, 1.165) is 12.2 Å². The Morgan fingerprint density at radius 1 is 1.58 bits per heavy atom. The first-order valence-electron chi connectivity index (χ1n) is 6.15. The first kappa shape index (κ1) is 13.6. The zero-order chi connectivity index (χ0) is 14.0. The predicted molar refractivity (Wildman–Crippen MR) is 73.1 cm³/mol. The number of nitro benzene ring substituents is 1. The fourth-order valence-electron chi connectivity index (χ4n) is 2.13. The topological polar surface area (TPSA) is 108 Å². The average molecular weight is 266 g/mol. The molecule has 0 spiro atoms. The van der Waals surface area contributed by atoms with Crippen LogP contribution in [0.5, 0.6) is 0 Å². The molecule has 1 saturated heterocycles. The quantitative estimate of drug-likeness (QED) is 0.474. The van der Waals surface area contributed by atoms with Crippen molar-refractivity contribution in [2.24, 2.45) is 5.73 Å². The zero-order valence-electron chi connectivity index (χ0n) is 10.8. The lowest BCUT2D eigenvalue weighted by Crippen LogP contribution is -2.49. The van der Waals surface area contributed by atoms with E-state index < -0.39 is 4.92 Å². The standard InChI is InChI=1S/C12H18N4O3/c1-8(13)12-7-15(4-5-19-12)9-2-3-11(16(17)18)10(14)6-9/h2-3,6,8,12H,4-5,7,13-14H2,1H3. The van der Waals surface area contributed by atoms with E-state index in [0.29, 0.717) is 13.2 Å². The number of benzene rings is 1. The van der Waals surface area contributed by atoms with Crippen LogP contribution in [0, 0.1) is 10.1 Å². The number of hydrogen-bond donors (Lipinski definition) is 2. The van der Waals surface area contributed by atoms with Crippen molar-refractivity contribution in [2.45, 2.75) is 19.1 Å². The van der Waals surface area contributed by atoms with Gasteiger partial charge in [-0.3, -0.25) is 10.1 Å². The van der Waals surface area contributed by atoms with Gasteiger partial charge in [-0.2, -0.15) is 0 Å². The number of nitrogens with two attached hydrogens (primary N) is 2. The fourth-order valence-corrected chi connectivity index (χ4v) is 2.13. The van der Waals surface area contributed by atoms with Gasteiger partial charge >= 0.3 is 0 Å². The molecule has 1 aromatic carbocycles. The number of anilines is 2. The Morgan fingerprint density at radius 3 is 2.89 bits per heavy atom. The van der Waals surface area contributed by atoms with Gasteiger partial charge < -0.3 is 21.1 Å². The van der Waals surface area contributed by atoms with Gasteiger partial charge in [0.15, 0.2) is 0 Å². The molecule has 0 aromatic heterocycles. The van der Waals surface area contributed by atoms with E-state index in [4.69, 9.17) is 16.2 Å². The monoisotopic (exact) mass is 266 g/mol. The summed E-state index contributed by atoms with van der Waals surface area (Å²) < 4.78 is 5.58. The summed E-state index contributed by atoms with van der Waals surface area (Å²) in [6.07, 6.45) is -0.0369. The fraction of sp³-hybridized carbons (Fsp3) is 0.500. The number of nitrogen functional groups attached to an aromatic ring is 1. The second-order valence-corrected chi connectivity index (χ2v) is 4.71. The van der Waals surface area contributed by atoms with Crippen molar-refractivity contribution in [1.29, 1.82) is 0 Å². The van der Waals surface area contributed by atoms with Crippen LogP contribution in [0.4, 0.5) is 17.1 Å². The summed E-state index contributed by atoms with van der Waals surface area (Å²) in [5.74, 6) is 0. The summed E-state index contributed by atoms with van der Waals surface area (Å²) in [5, 5.41) is 10.7. The summed E-state index contributed by atoms with van der Waals surface area (Å²) in [6.45, 7) is 3.87. The molecule has 7 nitrogen and oxygen atoms in total. The van der Waals surface area contributed by atoms with Crippen LogP contribution in [0.1, 0.15) is 6.92 Å². The Labute approximate surface area is 111 Å². The van der Waals surface area contributed by atoms with Gasteiger partial charge in [0, 0.05) is 30.9 Å². The highest BCUT2D eigenvalue weighted by Crippen LogP contribution is 2.28. The Hall–Kier alpha value is -1.86. The highest BCUT2D eigenvalue weighted by atomic mass is 16.6. The highest BCUT2D eigenvalue weighted by molar-refractivity contribution is 5.66. The minimum Gasteiger partial charge on any atom is -0.393 e. The van der Waals surface area contributed by atoms with Crippen LogP contribution in [-0.4, -0.2) is 36.8 Å². The van der Waals surface area contributed by atoms with Crippen LogP contribution < -0.4 is 16.4 Å². The maximum Gasteiger partial charge on any atom is 0.292 e. The largest absolute Gasteiger partial charge is 0.393 e. The Bertz CT molecular complexity index is 478. The third-order valence-electron chi connectivity index (χ3n) is 3.25. The molecular formula is C12H18N4O3. The maximum atomic E-state index is 10.7. The van der Waals surface area contributed by atoms with Crippen molar-refractivity contribution in [3.8, 4) is 0 Å². The molecule has 0 radical (unpaired) electrons. The van der Waals surface area contributed by atoms with Crippen molar-refractivity contribution in [2.75, 3.05) is 30.3 Å². The molecule has 0 aliphatic carbocycles. The van der Waals surface area contributed by atoms with Crippen LogP contribution in [-0.2, 0) is 4.74 Å². The summed E-state index contributed by atoms with van der Waals surface area (Å²) in [4.78, 5) is 12.3. The Balaban J connectivity index is 2.18. The van der Waals surface area contributed by atoms with Crippen molar-refractivity contribution in [3.05, 3.63) is 28.3 Å². The van der Waals surface area contributed by atoms with Crippen LogP contribution in [0.2, 0.25) is 0 Å². The third kappa shape index (κ3) is 2.94. The molecule has 2 atom stereocenters. The molecule has 1 aromatic rings. The van der Waals surface area contributed by atoms with Crippen molar-refractivity contribution in [3.63, 3.8) is 0 Å². The summed E-state index contributed by atoms with van der Waals surface area (Å²) >= 11 is 0. The van der Waals surface area contributed by atoms with Gasteiger partial charge in [-0.15, -0.1) is 0 Å². The molecule has 1 aliphatic rings. The minimum absolute atomic E-state index is 0.0369. The number of hydrogen-bond acceptors (Lipinski definition) is 6. The molecule has 104 valence electrons. The van der Waals surface area contributed by atoms with Crippen molar-refractivity contribution < 1.29 is 9.66 Å². The van der Waals surface area contributed by atoms with Crippen LogP contribution in [0.15, 0.2) is 18.2 Å². The molecule has 0 saturated carbocycles. The van der Waals surface area contributed by atoms with E-state index in [1.165, 1.54) is 6.07 Å². The van der Waals surface area contributed by atoms with E-state index in [1.54, 1.807) is 12.1 Å². The second-order valence-electron chi connectivity index (χ2n) is 4.71. The van der Waals surface area contributed by atoms with Crippen molar-refractivity contribution in [1.82, 2.24) is 0 Å². The van der Waals surface area contributed by atoms with Crippen LogP contribution in [0.25, 0.3) is 0 Å². The van der Waals surface area contributed by atoms with Gasteiger partial charge in [0.25, 0.3) is 5.69 Å². The zero-order valence-corrected chi connectivity index (χ0v) is 10.8. The van der Waals surface area contributed by atoms with Gasteiger partial charge in [0.1, 0.15) is 5.69 Å². The SMILES string of the molecule is CC(N)C1CN(c2ccc([N+](=O)[O-])c(N)c2)CCO1. The van der Waals surface area contributed by atoms with Gasteiger partial charge in [-0.05, 0) is 19.1 Å². The first-order valence-corrected chi connectivity index (χ1v) is 6.15. The van der Waals surface area contributed by atoms with E-state index in [2.05, 4.69) is 4.90 Å². The molecule has 2 unspecified atom stereocenters. The number of nitrogens with zero attached hydrogens (tertiary/aromatic N) is 2. The molecule has 4 N–H and O–H groups in total. The molecule has 0 bridgehead atoms. The van der Waals surface area contributed by atoms with Gasteiger partial charge in [0.2, 0.25) is 0 Å². The predicted octanol–water partition coefficient (Wildman–Crippen LogP) is 0.729. The lowest BCUT2D eigenvalue weighted by molar-refractivity contribution is -0.383. The first-order chi connectivity index (χ1) is 8.99. The van der Waals surface area contributed by atoms with Crippen LogP contribution >= 0.6 is 0 Å². The smallest absolute Gasteiger partial charge is 0.292 e. The van der Waals surface area contributed by atoms with Gasteiger partial charge in [-0.25, -0.2) is 0 Å².